The summed E-state index contributed by atoms with van der Waals surface area (Å²) in [6, 6.07) is 7.44. The summed E-state index contributed by atoms with van der Waals surface area (Å²) < 4.78 is 0.964. The zero-order valence-corrected chi connectivity index (χ0v) is 16.7. The van der Waals surface area contributed by atoms with Crippen LogP contribution in [0.3, 0.4) is 0 Å². The molecule has 1 aliphatic carbocycles. The van der Waals surface area contributed by atoms with Crippen molar-refractivity contribution in [2.45, 2.75) is 37.8 Å². The molecule has 11 heteroatoms. The highest BCUT2D eigenvalue weighted by Crippen LogP contribution is 2.23. The van der Waals surface area contributed by atoms with Crippen molar-refractivity contribution in [1.29, 1.82) is 0 Å². The molecule has 2 amide bonds. The van der Waals surface area contributed by atoms with Crippen molar-refractivity contribution in [2.24, 2.45) is 0 Å². The van der Waals surface area contributed by atoms with E-state index in [-0.39, 0.29) is 29.4 Å². The number of H-pyrrole nitrogens is 2. The summed E-state index contributed by atoms with van der Waals surface area (Å²) in [5, 5.41) is 6.23. The number of benzene rings is 1. The van der Waals surface area contributed by atoms with Crippen LogP contribution in [-0.2, 0) is 0 Å². The summed E-state index contributed by atoms with van der Waals surface area (Å²) >= 11 is 1.36. The average molecular weight is 428 g/mol. The molecule has 1 aromatic carbocycles. The van der Waals surface area contributed by atoms with Crippen LogP contribution in [0, 0.1) is 0 Å². The molecule has 0 radical (unpaired) electrons. The number of rotatable bonds is 4. The minimum Gasteiger partial charge on any atom is -0.392 e. The zero-order chi connectivity index (χ0) is 21.3. The maximum atomic E-state index is 12.5. The van der Waals surface area contributed by atoms with Crippen LogP contribution < -0.4 is 27.6 Å². The Morgan fingerprint density at radius 1 is 1.00 bits per heavy atom. The summed E-state index contributed by atoms with van der Waals surface area (Å²) in [5.74, 6) is -0.796. The van der Waals surface area contributed by atoms with Crippen LogP contribution >= 0.6 is 11.3 Å². The number of nitrogen functional groups attached to an aromatic ring is 1. The summed E-state index contributed by atoms with van der Waals surface area (Å²) in [4.78, 5) is 56.4. The van der Waals surface area contributed by atoms with Crippen molar-refractivity contribution in [1.82, 2.24) is 25.6 Å². The highest BCUT2D eigenvalue weighted by molar-refractivity contribution is 7.20. The van der Waals surface area contributed by atoms with Gasteiger partial charge in [0.15, 0.2) is 5.01 Å². The van der Waals surface area contributed by atoms with E-state index in [4.69, 9.17) is 5.73 Å². The number of para-hydroxylation sites is 1. The topological polar surface area (TPSA) is 163 Å². The number of thiazole rings is 1. The molecule has 0 atom stereocenters. The van der Waals surface area contributed by atoms with Gasteiger partial charge >= 0.3 is 5.69 Å². The number of anilines is 1. The molecule has 156 valence electrons. The van der Waals surface area contributed by atoms with Crippen LogP contribution in [0.2, 0.25) is 0 Å². The second kappa shape index (κ2) is 8.11. The van der Waals surface area contributed by atoms with E-state index in [1.54, 1.807) is 0 Å². The van der Waals surface area contributed by atoms with Crippen LogP contribution in [0.5, 0.6) is 0 Å². The van der Waals surface area contributed by atoms with E-state index in [0.29, 0.717) is 30.7 Å². The average Bonchev–Trinajstić information content (AvgIpc) is 3.16. The largest absolute Gasteiger partial charge is 0.392 e. The highest BCUT2D eigenvalue weighted by atomic mass is 32.1. The number of carbonyl (C=O) groups excluding carboxylic acids is 2. The van der Waals surface area contributed by atoms with Gasteiger partial charge in [0.05, 0.1) is 10.2 Å². The SMILES string of the molecule is Nc1c(C(=O)N[C@H]2CC[C@@H](NC(=O)c3nc4ccccc4s3)CC2)[nH]c(=O)[nH]c1=O. The standard InChI is InChI=1S/C19H20N6O4S/c20-13-14(24-19(29)25-15(13)26)16(27)21-9-5-7-10(8-6-9)22-17(28)18-23-11-3-1-2-4-12(11)30-18/h1-4,9-10H,5-8,20H2,(H,21,27)(H,22,28)(H2,24,25,26,29)/t9-,10+. The Bertz CT molecular complexity index is 1190. The number of aromatic amines is 2. The number of hydrogen-bond acceptors (Lipinski definition) is 7. The quantitative estimate of drug-likeness (QED) is 0.411. The molecule has 10 nitrogen and oxygen atoms in total. The second-order valence-electron chi connectivity index (χ2n) is 7.18. The predicted molar refractivity (Wildman–Crippen MR) is 113 cm³/mol. The molecule has 6 N–H and O–H groups in total. The molecule has 2 heterocycles. The van der Waals surface area contributed by atoms with E-state index in [9.17, 15) is 19.2 Å². The van der Waals surface area contributed by atoms with Crippen molar-refractivity contribution in [2.75, 3.05) is 5.73 Å². The Labute approximate surface area is 173 Å². The molecular weight excluding hydrogens is 408 g/mol. The fraction of sp³-hybridized carbons (Fsp3) is 0.316. The van der Waals surface area contributed by atoms with Gasteiger partial charge in [0.2, 0.25) is 0 Å². The summed E-state index contributed by atoms with van der Waals surface area (Å²) in [7, 11) is 0. The molecule has 0 spiro atoms. The molecule has 1 saturated carbocycles. The van der Waals surface area contributed by atoms with Gasteiger partial charge in [0.1, 0.15) is 11.4 Å². The molecule has 2 aromatic heterocycles. The van der Waals surface area contributed by atoms with E-state index in [0.717, 1.165) is 10.2 Å². The summed E-state index contributed by atoms with van der Waals surface area (Å²) in [6.45, 7) is 0. The van der Waals surface area contributed by atoms with Crippen molar-refractivity contribution >= 4 is 39.1 Å². The molecule has 3 aromatic rings. The molecule has 0 saturated heterocycles. The lowest BCUT2D eigenvalue weighted by Crippen LogP contribution is -2.44. The van der Waals surface area contributed by atoms with Gasteiger partial charge < -0.3 is 21.4 Å². The van der Waals surface area contributed by atoms with Crippen molar-refractivity contribution in [3.05, 3.63) is 55.8 Å². The Morgan fingerprint density at radius 2 is 1.63 bits per heavy atom. The lowest BCUT2D eigenvalue weighted by Gasteiger charge is -2.29. The predicted octanol–water partition coefficient (Wildman–Crippen LogP) is 0.726. The first-order valence-electron chi connectivity index (χ1n) is 9.50. The van der Waals surface area contributed by atoms with Gasteiger partial charge in [0, 0.05) is 12.1 Å². The van der Waals surface area contributed by atoms with Crippen LogP contribution in [0.25, 0.3) is 10.2 Å². The molecule has 4 rings (SSSR count). The minimum atomic E-state index is -0.801. The van der Waals surface area contributed by atoms with E-state index in [2.05, 4.69) is 20.6 Å². The number of amides is 2. The molecule has 1 aliphatic rings. The number of aromatic nitrogens is 3. The third kappa shape index (κ3) is 4.10. The summed E-state index contributed by atoms with van der Waals surface area (Å²) in [5.41, 5.74) is 4.23. The monoisotopic (exact) mass is 428 g/mol. The molecule has 0 unspecified atom stereocenters. The lowest BCUT2D eigenvalue weighted by molar-refractivity contribution is 0.0889. The van der Waals surface area contributed by atoms with Crippen molar-refractivity contribution in [3.63, 3.8) is 0 Å². The van der Waals surface area contributed by atoms with Gasteiger partial charge in [-0.25, -0.2) is 9.78 Å². The number of nitrogens with one attached hydrogen (secondary N) is 4. The Hall–Kier alpha value is -3.47. The molecule has 0 aliphatic heterocycles. The third-order valence-corrected chi connectivity index (χ3v) is 6.13. The van der Waals surface area contributed by atoms with E-state index in [1.165, 1.54) is 11.3 Å². The third-order valence-electron chi connectivity index (χ3n) is 5.09. The van der Waals surface area contributed by atoms with E-state index >= 15 is 0 Å². The van der Waals surface area contributed by atoms with Crippen LogP contribution in [0.15, 0.2) is 33.9 Å². The first-order chi connectivity index (χ1) is 14.4. The van der Waals surface area contributed by atoms with Gasteiger partial charge in [0.25, 0.3) is 17.4 Å². The fourth-order valence-corrected chi connectivity index (χ4v) is 4.40. The second-order valence-corrected chi connectivity index (χ2v) is 8.21. The van der Waals surface area contributed by atoms with Crippen molar-refractivity contribution < 1.29 is 9.59 Å². The van der Waals surface area contributed by atoms with Crippen LogP contribution in [-0.4, -0.2) is 38.8 Å². The van der Waals surface area contributed by atoms with Gasteiger partial charge in [-0.2, -0.15) is 0 Å². The van der Waals surface area contributed by atoms with Gasteiger partial charge in [-0.1, -0.05) is 12.1 Å². The fourth-order valence-electron chi connectivity index (χ4n) is 3.53. The maximum Gasteiger partial charge on any atom is 0.326 e. The molecular formula is C19H20N6O4S. The normalized spacial score (nSPS) is 18.8. The van der Waals surface area contributed by atoms with Crippen LogP contribution in [0.1, 0.15) is 46.0 Å². The van der Waals surface area contributed by atoms with E-state index < -0.39 is 17.2 Å². The Morgan fingerprint density at radius 3 is 2.30 bits per heavy atom. The number of nitrogens with zero attached hydrogens (tertiary/aromatic N) is 1. The first-order valence-corrected chi connectivity index (χ1v) is 10.3. The van der Waals surface area contributed by atoms with E-state index in [1.807, 2.05) is 29.2 Å². The minimum absolute atomic E-state index is 0.0119. The smallest absolute Gasteiger partial charge is 0.326 e. The molecule has 30 heavy (non-hydrogen) atoms. The lowest BCUT2D eigenvalue weighted by atomic mass is 9.91. The number of nitrogens with two attached hydrogens (primary N) is 1. The Kier molecular flexibility index (Phi) is 5.36. The van der Waals surface area contributed by atoms with Gasteiger partial charge in [-0.3, -0.25) is 19.4 Å². The van der Waals surface area contributed by atoms with Crippen molar-refractivity contribution in [3.8, 4) is 0 Å². The number of fused-ring (bicyclic) bond motifs is 1. The highest BCUT2D eigenvalue weighted by Gasteiger charge is 2.26. The van der Waals surface area contributed by atoms with Gasteiger partial charge in [-0.15, -0.1) is 11.3 Å². The Balaban J connectivity index is 1.32. The number of hydrogen-bond donors (Lipinski definition) is 5. The van der Waals surface area contributed by atoms with Crippen LogP contribution in [0.4, 0.5) is 5.69 Å². The number of carbonyl (C=O) groups is 2. The molecule has 0 bridgehead atoms. The zero-order valence-electron chi connectivity index (χ0n) is 15.9. The molecule has 1 fully saturated rings. The maximum absolute atomic E-state index is 12.5. The first kappa shape index (κ1) is 19.8. The van der Waals surface area contributed by atoms with Gasteiger partial charge in [-0.05, 0) is 37.8 Å². The summed E-state index contributed by atoms with van der Waals surface area (Å²) in [6.07, 6.45) is 2.65.